The lowest BCUT2D eigenvalue weighted by atomic mass is 10.0. The van der Waals surface area contributed by atoms with Gasteiger partial charge in [0, 0.05) is 24.9 Å². The van der Waals surface area contributed by atoms with Crippen LogP contribution in [0.5, 0.6) is 0 Å². The van der Waals surface area contributed by atoms with Crippen LogP contribution in [0.4, 0.5) is 4.79 Å². The Labute approximate surface area is 146 Å². The molecule has 0 radical (unpaired) electrons. The van der Waals surface area contributed by atoms with Crippen molar-refractivity contribution < 1.29 is 14.7 Å². The zero-order valence-corrected chi connectivity index (χ0v) is 13.8. The number of aromatic nitrogens is 1. The van der Waals surface area contributed by atoms with Gasteiger partial charge in [-0.05, 0) is 30.5 Å². The highest BCUT2D eigenvalue weighted by atomic mass is 16.4. The zero-order chi connectivity index (χ0) is 17.6. The Morgan fingerprint density at radius 1 is 1.20 bits per heavy atom. The van der Waals surface area contributed by atoms with Gasteiger partial charge in [-0.15, -0.1) is 0 Å². The molecule has 1 aliphatic rings. The van der Waals surface area contributed by atoms with Gasteiger partial charge >= 0.3 is 6.09 Å². The molecule has 1 aliphatic heterocycles. The lowest BCUT2D eigenvalue weighted by molar-refractivity contribution is -0.125. The van der Waals surface area contributed by atoms with Crippen LogP contribution in [0.2, 0.25) is 0 Å². The molecular formula is C19H21N3O3. The summed E-state index contributed by atoms with van der Waals surface area (Å²) in [5, 5.41) is 12.3. The Kier molecular flexibility index (Phi) is 5.28. The van der Waals surface area contributed by atoms with E-state index in [-0.39, 0.29) is 11.9 Å². The maximum Gasteiger partial charge on any atom is 0.407 e. The Morgan fingerprint density at radius 3 is 2.64 bits per heavy atom. The van der Waals surface area contributed by atoms with Crippen molar-refractivity contribution in [1.29, 1.82) is 0 Å². The topological polar surface area (TPSA) is 82.5 Å². The van der Waals surface area contributed by atoms with E-state index in [1.54, 1.807) is 6.20 Å². The predicted molar refractivity (Wildman–Crippen MR) is 93.0 cm³/mol. The number of rotatable bonds is 5. The van der Waals surface area contributed by atoms with Gasteiger partial charge in [0.2, 0.25) is 5.91 Å². The number of pyridine rings is 1. The molecule has 1 aromatic carbocycles. The number of carboxylic acid groups (broad SMARTS) is 1. The molecule has 6 nitrogen and oxygen atoms in total. The molecule has 2 atom stereocenters. The lowest BCUT2D eigenvalue weighted by Gasteiger charge is -2.25. The predicted octanol–water partition coefficient (Wildman–Crippen LogP) is 2.62. The van der Waals surface area contributed by atoms with E-state index in [0.29, 0.717) is 25.8 Å². The maximum atomic E-state index is 12.7. The summed E-state index contributed by atoms with van der Waals surface area (Å²) < 4.78 is 0. The molecule has 6 heteroatoms. The number of carbonyl (C=O) groups is 2. The molecule has 1 saturated heterocycles. The zero-order valence-electron chi connectivity index (χ0n) is 13.8. The number of hydrogen-bond donors (Lipinski definition) is 2. The number of carbonyl (C=O) groups excluding carboxylic acids is 1. The van der Waals surface area contributed by atoms with Crippen LogP contribution in [-0.4, -0.2) is 39.6 Å². The summed E-state index contributed by atoms with van der Waals surface area (Å²) in [5.41, 5.74) is 1.85. The standard InChI is InChI=1S/C19H21N3O3/c23-18(17-10-6-12-22(17)19(24)25)21-16(14-7-2-1-3-8-14)13-15-9-4-5-11-20-15/h1-5,7-9,11,16-17H,6,10,12-13H2,(H,21,23)(H,24,25)/t16?,17-/m0/s1. The number of likely N-dealkylation sites (tertiary alicyclic amines) is 1. The first-order valence-electron chi connectivity index (χ1n) is 8.40. The smallest absolute Gasteiger partial charge is 0.407 e. The molecule has 1 fully saturated rings. The van der Waals surface area contributed by atoms with Gasteiger partial charge < -0.3 is 10.4 Å². The van der Waals surface area contributed by atoms with Crippen molar-refractivity contribution in [3.8, 4) is 0 Å². The molecule has 2 heterocycles. The van der Waals surface area contributed by atoms with E-state index in [9.17, 15) is 14.7 Å². The molecular weight excluding hydrogens is 318 g/mol. The van der Waals surface area contributed by atoms with Gasteiger partial charge in [0.15, 0.2) is 0 Å². The summed E-state index contributed by atoms with van der Waals surface area (Å²) in [4.78, 5) is 29.6. The van der Waals surface area contributed by atoms with Crippen molar-refractivity contribution in [2.75, 3.05) is 6.54 Å². The van der Waals surface area contributed by atoms with Crippen molar-refractivity contribution in [1.82, 2.24) is 15.2 Å². The Balaban J connectivity index is 1.78. The number of benzene rings is 1. The van der Waals surface area contributed by atoms with E-state index in [4.69, 9.17) is 0 Å². The third-order valence-corrected chi connectivity index (χ3v) is 4.46. The first-order chi connectivity index (χ1) is 12.1. The van der Waals surface area contributed by atoms with Gasteiger partial charge in [-0.3, -0.25) is 14.7 Å². The molecule has 0 saturated carbocycles. The average molecular weight is 339 g/mol. The highest BCUT2D eigenvalue weighted by Gasteiger charge is 2.35. The van der Waals surface area contributed by atoms with E-state index in [2.05, 4.69) is 10.3 Å². The Hall–Kier alpha value is -2.89. The summed E-state index contributed by atoms with van der Waals surface area (Å²) in [6.45, 7) is 0.406. The van der Waals surface area contributed by atoms with E-state index >= 15 is 0 Å². The minimum absolute atomic E-state index is 0.246. The van der Waals surface area contributed by atoms with Crippen molar-refractivity contribution in [3.63, 3.8) is 0 Å². The van der Waals surface area contributed by atoms with E-state index in [1.165, 1.54) is 4.90 Å². The van der Waals surface area contributed by atoms with E-state index in [1.807, 2.05) is 48.5 Å². The summed E-state index contributed by atoms with van der Waals surface area (Å²) in [6.07, 6.45) is 2.50. The second-order valence-electron chi connectivity index (χ2n) is 6.13. The highest BCUT2D eigenvalue weighted by molar-refractivity contribution is 5.86. The summed E-state index contributed by atoms with van der Waals surface area (Å²) in [5.74, 6) is -0.246. The monoisotopic (exact) mass is 339 g/mol. The summed E-state index contributed by atoms with van der Waals surface area (Å²) in [6, 6.07) is 14.5. The maximum absolute atomic E-state index is 12.7. The average Bonchev–Trinajstić information content (AvgIpc) is 3.13. The van der Waals surface area contributed by atoms with Gasteiger partial charge in [0.1, 0.15) is 6.04 Å². The minimum atomic E-state index is -1.04. The molecule has 2 amide bonds. The molecule has 0 spiro atoms. The van der Waals surface area contributed by atoms with Gasteiger partial charge in [-0.1, -0.05) is 36.4 Å². The summed E-state index contributed by atoms with van der Waals surface area (Å²) in [7, 11) is 0. The van der Waals surface area contributed by atoms with Crippen LogP contribution in [-0.2, 0) is 11.2 Å². The van der Waals surface area contributed by atoms with Crippen molar-refractivity contribution in [2.24, 2.45) is 0 Å². The molecule has 2 N–H and O–H groups in total. The normalized spacial score (nSPS) is 17.9. The van der Waals surface area contributed by atoms with Crippen LogP contribution < -0.4 is 5.32 Å². The van der Waals surface area contributed by atoms with Crippen LogP contribution in [0.15, 0.2) is 54.7 Å². The van der Waals surface area contributed by atoms with Crippen LogP contribution in [0.25, 0.3) is 0 Å². The molecule has 0 bridgehead atoms. The van der Waals surface area contributed by atoms with Gasteiger partial charge in [0.05, 0.1) is 6.04 Å². The summed E-state index contributed by atoms with van der Waals surface area (Å²) >= 11 is 0. The third-order valence-electron chi connectivity index (χ3n) is 4.46. The third kappa shape index (κ3) is 4.15. The first kappa shape index (κ1) is 17.0. The van der Waals surface area contributed by atoms with Crippen molar-refractivity contribution in [3.05, 3.63) is 66.0 Å². The minimum Gasteiger partial charge on any atom is -0.465 e. The second kappa shape index (κ2) is 7.79. The molecule has 3 rings (SSSR count). The van der Waals surface area contributed by atoms with E-state index < -0.39 is 12.1 Å². The number of amides is 2. The second-order valence-corrected chi connectivity index (χ2v) is 6.13. The van der Waals surface area contributed by atoms with Crippen LogP contribution >= 0.6 is 0 Å². The lowest BCUT2D eigenvalue weighted by Crippen LogP contribution is -2.46. The molecule has 130 valence electrons. The fraction of sp³-hybridized carbons (Fsp3) is 0.316. The van der Waals surface area contributed by atoms with Crippen molar-refractivity contribution >= 4 is 12.0 Å². The van der Waals surface area contributed by atoms with Gasteiger partial charge in [0.25, 0.3) is 0 Å². The fourth-order valence-corrected chi connectivity index (χ4v) is 3.20. The van der Waals surface area contributed by atoms with Crippen LogP contribution in [0, 0.1) is 0 Å². The Morgan fingerprint density at radius 2 is 1.96 bits per heavy atom. The van der Waals surface area contributed by atoms with Gasteiger partial charge in [-0.25, -0.2) is 4.79 Å². The highest BCUT2D eigenvalue weighted by Crippen LogP contribution is 2.21. The Bertz CT molecular complexity index is 721. The molecule has 0 aliphatic carbocycles. The quantitative estimate of drug-likeness (QED) is 0.877. The van der Waals surface area contributed by atoms with Crippen molar-refractivity contribution in [2.45, 2.75) is 31.3 Å². The number of nitrogens with one attached hydrogen (secondary N) is 1. The molecule has 1 aromatic heterocycles. The molecule has 1 unspecified atom stereocenters. The molecule has 25 heavy (non-hydrogen) atoms. The fourth-order valence-electron chi connectivity index (χ4n) is 3.20. The van der Waals surface area contributed by atoms with Gasteiger partial charge in [-0.2, -0.15) is 0 Å². The molecule has 2 aromatic rings. The number of nitrogens with zero attached hydrogens (tertiary/aromatic N) is 2. The largest absolute Gasteiger partial charge is 0.465 e. The van der Waals surface area contributed by atoms with E-state index in [0.717, 1.165) is 11.3 Å². The first-order valence-corrected chi connectivity index (χ1v) is 8.40. The van der Waals surface area contributed by atoms with Crippen LogP contribution in [0.1, 0.15) is 30.1 Å². The van der Waals surface area contributed by atoms with Crippen LogP contribution in [0.3, 0.4) is 0 Å². The number of hydrogen-bond acceptors (Lipinski definition) is 3. The SMILES string of the molecule is O=C(NC(Cc1ccccn1)c1ccccc1)[C@@H]1CCCN1C(=O)O.